The Kier molecular flexibility index (Phi) is 5.58. The lowest BCUT2D eigenvalue weighted by Gasteiger charge is -2.18. The fraction of sp³-hybridized carbons (Fsp3) is 0.538. The predicted octanol–water partition coefficient (Wildman–Crippen LogP) is 1.92. The first kappa shape index (κ1) is 14.4. The number of nitrogens with one attached hydrogen (secondary N) is 2. The zero-order valence-electron chi connectivity index (χ0n) is 11.2. The maximum atomic E-state index is 12.1. The third-order valence-electron chi connectivity index (χ3n) is 3.05. The van der Waals surface area contributed by atoms with E-state index in [1.807, 2.05) is 6.92 Å². The molecule has 0 spiro atoms. The van der Waals surface area contributed by atoms with Gasteiger partial charge < -0.3 is 10.7 Å². The van der Waals surface area contributed by atoms with Crippen LogP contribution in [0.5, 0.6) is 0 Å². The van der Waals surface area contributed by atoms with E-state index >= 15 is 0 Å². The number of pyridine rings is 1. The van der Waals surface area contributed by atoms with Gasteiger partial charge in [-0.25, -0.2) is 0 Å². The van der Waals surface area contributed by atoms with E-state index in [9.17, 15) is 4.79 Å². The zero-order chi connectivity index (χ0) is 13.5. The van der Waals surface area contributed by atoms with Gasteiger partial charge in [-0.3, -0.25) is 15.6 Å². The van der Waals surface area contributed by atoms with Gasteiger partial charge in [0.05, 0.1) is 17.4 Å². The second kappa shape index (κ2) is 6.96. The van der Waals surface area contributed by atoms with Crippen molar-refractivity contribution < 1.29 is 4.79 Å². The molecule has 0 saturated carbocycles. The van der Waals surface area contributed by atoms with Gasteiger partial charge in [0.25, 0.3) is 5.91 Å². The molecular weight excluding hydrogens is 228 g/mol. The van der Waals surface area contributed by atoms with Crippen molar-refractivity contribution in [2.75, 3.05) is 5.43 Å². The lowest BCUT2D eigenvalue weighted by molar-refractivity contribution is 0.0936. The van der Waals surface area contributed by atoms with Crippen molar-refractivity contribution in [3.05, 3.63) is 24.0 Å². The smallest absolute Gasteiger partial charge is 0.253 e. The molecule has 0 saturated heterocycles. The molecular formula is C13H22N4O. The van der Waals surface area contributed by atoms with Gasteiger partial charge >= 0.3 is 0 Å². The minimum atomic E-state index is -0.124. The Morgan fingerprint density at radius 2 is 2.22 bits per heavy atom. The highest BCUT2D eigenvalue weighted by molar-refractivity contribution is 5.99. The normalized spacial score (nSPS) is 13.8. The summed E-state index contributed by atoms with van der Waals surface area (Å²) in [4.78, 5) is 16.0. The Balaban J connectivity index is 2.64. The van der Waals surface area contributed by atoms with E-state index in [0.717, 1.165) is 12.8 Å². The summed E-state index contributed by atoms with van der Waals surface area (Å²) in [5.41, 5.74) is 3.53. The number of anilines is 1. The van der Waals surface area contributed by atoms with Gasteiger partial charge in [-0.05, 0) is 25.3 Å². The van der Waals surface area contributed by atoms with Crippen molar-refractivity contribution in [1.29, 1.82) is 0 Å². The molecule has 2 atom stereocenters. The molecule has 1 rings (SSSR count). The fourth-order valence-electron chi connectivity index (χ4n) is 1.84. The van der Waals surface area contributed by atoms with Crippen LogP contribution in [-0.4, -0.2) is 16.9 Å². The lowest BCUT2D eigenvalue weighted by Crippen LogP contribution is -2.34. The molecule has 5 heteroatoms. The Morgan fingerprint density at radius 1 is 1.50 bits per heavy atom. The molecule has 18 heavy (non-hydrogen) atoms. The molecule has 1 heterocycles. The van der Waals surface area contributed by atoms with Crippen LogP contribution >= 0.6 is 0 Å². The van der Waals surface area contributed by atoms with E-state index < -0.39 is 0 Å². The number of nitrogens with zero attached hydrogens (tertiary/aromatic N) is 1. The van der Waals surface area contributed by atoms with Crippen LogP contribution in [0.2, 0.25) is 0 Å². The first-order valence-electron chi connectivity index (χ1n) is 6.30. The Bertz CT molecular complexity index is 394. The van der Waals surface area contributed by atoms with Crippen molar-refractivity contribution in [3.8, 4) is 0 Å². The molecule has 1 amide bonds. The lowest BCUT2D eigenvalue weighted by atomic mass is 10.00. The molecule has 4 N–H and O–H groups in total. The molecule has 2 unspecified atom stereocenters. The van der Waals surface area contributed by atoms with Crippen LogP contribution in [0.1, 0.15) is 44.0 Å². The third kappa shape index (κ3) is 4.00. The largest absolute Gasteiger partial charge is 0.350 e. The van der Waals surface area contributed by atoms with Crippen LogP contribution in [0.4, 0.5) is 5.69 Å². The molecule has 0 radical (unpaired) electrons. The summed E-state index contributed by atoms with van der Waals surface area (Å²) < 4.78 is 0. The van der Waals surface area contributed by atoms with E-state index in [2.05, 4.69) is 29.6 Å². The van der Waals surface area contributed by atoms with Gasteiger partial charge in [0.1, 0.15) is 0 Å². The number of aromatic nitrogens is 1. The second-order valence-electron chi connectivity index (χ2n) is 4.69. The standard InChI is InChI=1S/C13H22N4O/c1-4-9(2)7-10(3)16-13(18)11-5-6-15-8-12(11)17-14/h5-6,8-10,17H,4,7,14H2,1-3H3,(H,16,18). The van der Waals surface area contributed by atoms with E-state index in [1.165, 1.54) is 6.20 Å². The number of rotatable bonds is 6. The summed E-state index contributed by atoms with van der Waals surface area (Å²) in [6.07, 6.45) is 5.20. The summed E-state index contributed by atoms with van der Waals surface area (Å²) in [6, 6.07) is 1.80. The fourth-order valence-corrected chi connectivity index (χ4v) is 1.84. The van der Waals surface area contributed by atoms with E-state index in [-0.39, 0.29) is 11.9 Å². The number of hydrogen-bond donors (Lipinski definition) is 3. The highest BCUT2D eigenvalue weighted by Gasteiger charge is 2.14. The second-order valence-corrected chi connectivity index (χ2v) is 4.69. The number of nitrogens with two attached hydrogens (primary N) is 1. The molecule has 0 bridgehead atoms. The first-order valence-corrected chi connectivity index (χ1v) is 6.30. The van der Waals surface area contributed by atoms with E-state index in [4.69, 9.17) is 5.84 Å². The summed E-state index contributed by atoms with van der Waals surface area (Å²) >= 11 is 0. The Labute approximate surface area is 108 Å². The molecule has 0 aliphatic heterocycles. The van der Waals surface area contributed by atoms with Gasteiger partial charge in [0.15, 0.2) is 0 Å². The minimum absolute atomic E-state index is 0.124. The zero-order valence-corrected chi connectivity index (χ0v) is 11.2. The summed E-state index contributed by atoms with van der Waals surface area (Å²) in [6.45, 7) is 6.35. The molecule has 0 fully saturated rings. The molecule has 1 aromatic rings. The molecule has 1 aromatic heterocycles. The number of nitrogen functional groups attached to an aromatic ring is 1. The Morgan fingerprint density at radius 3 is 2.83 bits per heavy atom. The number of carbonyl (C=O) groups excluding carboxylic acids is 1. The molecule has 0 aliphatic carbocycles. The van der Waals surface area contributed by atoms with Crippen molar-refractivity contribution in [2.45, 2.75) is 39.7 Å². The van der Waals surface area contributed by atoms with E-state index in [1.54, 1.807) is 12.3 Å². The topological polar surface area (TPSA) is 80.0 Å². The van der Waals surface area contributed by atoms with Crippen molar-refractivity contribution >= 4 is 11.6 Å². The highest BCUT2D eigenvalue weighted by Crippen LogP contribution is 2.13. The van der Waals surface area contributed by atoms with Gasteiger partial charge in [0.2, 0.25) is 0 Å². The summed E-state index contributed by atoms with van der Waals surface area (Å²) in [5.74, 6) is 5.83. The summed E-state index contributed by atoms with van der Waals surface area (Å²) in [7, 11) is 0. The molecule has 0 aliphatic rings. The van der Waals surface area contributed by atoms with Crippen LogP contribution < -0.4 is 16.6 Å². The number of amides is 1. The van der Waals surface area contributed by atoms with Gasteiger partial charge in [-0.2, -0.15) is 0 Å². The minimum Gasteiger partial charge on any atom is -0.350 e. The Hall–Kier alpha value is -1.62. The molecule has 0 aromatic carbocycles. The SMILES string of the molecule is CCC(C)CC(C)NC(=O)c1ccncc1NN. The number of hydrogen-bond acceptors (Lipinski definition) is 4. The third-order valence-corrected chi connectivity index (χ3v) is 3.05. The van der Waals surface area contributed by atoms with E-state index in [0.29, 0.717) is 17.2 Å². The molecule has 5 nitrogen and oxygen atoms in total. The average molecular weight is 250 g/mol. The van der Waals surface area contributed by atoms with Crippen LogP contribution in [0.15, 0.2) is 18.5 Å². The monoisotopic (exact) mass is 250 g/mol. The highest BCUT2D eigenvalue weighted by atomic mass is 16.1. The maximum absolute atomic E-state index is 12.1. The predicted molar refractivity (Wildman–Crippen MR) is 73.0 cm³/mol. The van der Waals surface area contributed by atoms with Crippen molar-refractivity contribution in [2.24, 2.45) is 11.8 Å². The van der Waals surface area contributed by atoms with Crippen molar-refractivity contribution in [1.82, 2.24) is 10.3 Å². The van der Waals surface area contributed by atoms with Gasteiger partial charge in [0, 0.05) is 12.2 Å². The average Bonchev–Trinajstić information content (AvgIpc) is 2.38. The van der Waals surface area contributed by atoms with Gasteiger partial charge in [-0.1, -0.05) is 20.3 Å². The summed E-state index contributed by atoms with van der Waals surface area (Å²) in [5, 5.41) is 2.97. The van der Waals surface area contributed by atoms with Gasteiger partial charge in [-0.15, -0.1) is 0 Å². The quantitative estimate of drug-likeness (QED) is 0.532. The van der Waals surface area contributed by atoms with Crippen LogP contribution in [0.25, 0.3) is 0 Å². The molecule has 100 valence electrons. The first-order chi connectivity index (χ1) is 8.58. The van der Waals surface area contributed by atoms with Crippen LogP contribution in [0.3, 0.4) is 0 Å². The van der Waals surface area contributed by atoms with Crippen molar-refractivity contribution in [3.63, 3.8) is 0 Å². The number of carbonyl (C=O) groups is 1. The van der Waals surface area contributed by atoms with Crippen LogP contribution in [-0.2, 0) is 0 Å². The van der Waals surface area contributed by atoms with Crippen LogP contribution in [0, 0.1) is 5.92 Å². The maximum Gasteiger partial charge on any atom is 0.253 e. The number of hydrazine groups is 1.